The van der Waals surface area contributed by atoms with Crippen molar-refractivity contribution in [2.24, 2.45) is 11.8 Å². The van der Waals surface area contributed by atoms with E-state index in [9.17, 15) is 9.90 Å². The Kier molecular flexibility index (Phi) is 12.2. The van der Waals surface area contributed by atoms with Crippen LogP contribution < -0.4 is 24.8 Å². The first-order valence-electron chi connectivity index (χ1n) is 20.5. The molecule has 0 radical (unpaired) electrons. The Labute approximate surface area is 332 Å². The number of allylic oxidation sites excluding steroid dienone is 1. The Balaban J connectivity index is 1.58. The number of methoxy groups -OCH3 is 1. The van der Waals surface area contributed by atoms with Gasteiger partial charge in [-0.1, -0.05) is 53.9 Å². The summed E-state index contributed by atoms with van der Waals surface area (Å²) < 4.78 is 31.7. The predicted octanol–water partition coefficient (Wildman–Crippen LogP) is 7.57. The molecule has 1 saturated heterocycles. The van der Waals surface area contributed by atoms with Gasteiger partial charge in [0.2, 0.25) is 11.7 Å². The van der Waals surface area contributed by atoms with Gasteiger partial charge < -0.3 is 38.9 Å². The highest BCUT2D eigenvalue weighted by atomic mass is 28.4. The number of fused-ring (bicyclic) bond motifs is 4. The average molecular weight is 795 g/mol. The van der Waals surface area contributed by atoms with Gasteiger partial charge in [-0.25, -0.2) is 0 Å². The molecule has 5 atom stereocenters. The molecule has 1 aliphatic heterocycles. The van der Waals surface area contributed by atoms with Crippen molar-refractivity contribution in [3.8, 4) is 17.4 Å². The van der Waals surface area contributed by atoms with Crippen LogP contribution in [0.5, 0.6) is 17.4 Å². The average Bonchev–Trinajstić information content (AvgIpc) is 3.56. The van der Waals surface area contributed by atoms with Crippen molar-refractivity contribution < 1.29 is 42.6 Å². The number of piperidine rings is 1. The fraction of sp³-hybridized carbons (Fsp3) is 0.667. The second-order valence-corrected chi connectivity index (χ2v) is 22.3. The van der Waals surface area contributed by atoms with Crippen molar-refractivity contribution in [2.75, 3.05) is 46.3 Å². The smallest absolute Gasteiger partial charge is 0.265 e. The molecular weight excluding hydrogens is 733 g/mol. The number of anilines is 1. The van der Waals surface area contributed by atoms with E-state index in [1.807, 2.05) is 45.9 Å². The number of ether oxygens (including phenoxy) is 3. The standard InChI is InChI=1S/C42H62N4O9Si/c1-11-13-19-52-35-28(44-39(50)27-17-15-16-18-43-27)23-29(51-8)25-21-24-22-26-33(46(6)7)36-32(40(45-54-36)53-20-14-12-2)38(49)42(26,55-56(9,10)41(3,4)5)37(48)30(24)34(47)31(25)35/h23-24,26-27,33,43,48H,11-22H2,1-10H3,(H,44,50)/t24-,26-,27?,33-,42-/m0/s1. The first kappa shape index (κ1) is 41.9. The molecule has 1 aromatic heterocycles. The highest BCUT2D eigenvalue weighted by Crippen LogP contribution is 2.60. The predicted molar refractivity (Wildman–Crippen MR) is 216 cm³/mol. The zero-order valence-corrected chi connectivity index (χ0v) is 36.0. The summed E-state index contributed by atoms with van der Waals surface area (Å²) in [5, 5.41) is 23.2. The minimum absolute atomic E-state index is 0.0615. The first-order valence-corrected chi connectivity index (χ1v) is 23.4. The SMILES string of the molecule is CCCCOc1noc2c1C(=O)[C@@]1(O[Si](C)(C)C(C)(C)C)C(O)=C3C(=O)c4c(c(OC)cc(NC(=O)C5CCCCN5)c4OCCCC)C[C@H]3C[C@H]1[C@@H]2N(C)C. The summed E-state index contributed by atoms with van der Waals surface area (Å²) in [6.07, 6.45) is 6.47. The maximum Gasteiger partial charge on any atom is 0.265 e. The third-order valence-corrected chi connectivity index (χ3v) is 17.1. The lowest BCUT2D eigenvalue weighted by molar-refractivity contribution is -0.118. The fourth-order valence-corrected chi connectivity index (χ4v) is 10.1. The maximum atomic E-state index is 15.5. The molecule has 1 unspecified atom stereocenters. The summed E-state index contributed by atoms with van der Waals surface area (Å²) in [5.41, 5.74) is -0.516. The van der Waals surface area contributed by atoms with Gasteiger partial charge in [-0.15, -0.1) is 0 Å². The number of aliphatic hydroxyl groups is 1. The van der Waals surface area contributed by atoms with E-state index in [1.165, 1.54) is 0 Å². The van der Waals surface area contributed by atoms with Crippen molar-refractivity contribution in [2.45, 2.75) is 128 Å². The zero-order valence-electron chi connectivity index (χ0n) is 35.0. The molecule has 308 valence electrons. The number of unbranched alkanes of at least 4 members (excludes halogenated alkanes) is 2. The number of aromatic nitrogens is 1. The summed E-state index contributed by atoms with van der Waals surface area (Å²) in [6.45, 7) is 15.8. The van der Waals surface area contributed by atoms with Gasteiger partial charge in [0, 0.05) is 23.1 Å². The number of benzene rings is 1. The molecule has 0 spiro atoms. The number of rotatable bonds is 14. The minimum Gasteiger partial charge on any atom is -0.508 e. The van der Waals surface area contributed by atoms with E-state index in [0.717, 1.165) is 45.1 Å². The summed E-state index contributed by atoms with van der Waals surface area (Å²) >= 11 is 0. The Bertz CT molecular complexity index is 1860. The summed E-state index contributed by atoms with van der Waals surface area (Å²) in [6, 6.07) is 0.803. The third kappa shape index (κ3) is 7.19. The van der Waals surface area contributed by atoms with Gasteiger partial charge in [0.15, 0.2) is 31.2 Å². The van der Waals surface area contributed by atoms with Gasteiger partial charge in [0.25, 0.3) is 5.88 Å². The number of Topliss-reactive ketones (excluding diaryl/α,β-unsaturated/α-hetero) is 2. The highest BCUT2D eigenvalue weighted by Gasteiger charge is 2.67. The zero-order chi connectivity index (χ0) is 40.7. The van der Waals surface area contributed by atoms with Crippen LogP contribution in [0.25, 0.3) is 0 Å². The number of ketones is 2. The largest absolute Gasteiger partial charge is 0.508 e. The highest BCUT2D eigenvalue weighted by molar-refractivity contribution is 6.74. The summed E-state index contributed by atoms with van der Waals surface area (Å²) in [4.78, 5) is 46.4. The Morgan fingerprint density at radius 1 is 1.11 bits per heavy atom. The van der Waals surface area contributed by atoms with Crippen LogP contribution in [0.15, 0.2) is 21.9 Å². The monoisotopic (exact) mass is 794 g/mol. The van der Waals surface area contributed by atoms with Gasteiger partial charge in [0.1, 0.15) is 17.1 Å². The van der Waals surface area contributed by atoms with Crippen LogP contribution in [0.3, 0.4) is 0 Å². The number of carbonyl (C=O) groups is 3. The van der Waals surface area contributed by atoms with Gasteiger partial charge in [-0.2, -0.15) is 0 Å². The molecule has 0 bridgehead atoms. The summed E-state index contributed by atoms with van der Waals surface area (Å²) in [7, 11) is 2.47. The molecule has 2 aromatic rings. The number of hydrogen-bond acceptors (Lipinski definition) is 12. The van der Waals surface area contributed by atoms with Crippen LogP contribution in [-0.4, -0.2) is 93.6 Å². The molecule has 0 saturated carbocycles. The van der Waals surface area contributed by atoms with Crippen LogP contribution in [0.2, 0.25) is 18.1 Å². The third-order valence-electron chi connectivity index (χ3n) is 12.6. The number of nitrogens with zero attached hydrogens (tertiary/aromatic N) is 2. The lowest BCUT2D eigenvalue weighted by Crippen LogP contribution is -2.65. The molecule has 1 fully saturated rings. The molecule has 1 amide bonds. The quantitative estimate of drug-likeness (QED) is 0.127. The van der Waals surface area contributed by atoms with E-state index >= 15 is 9.59 Å². The van der Waals surface area contributed by atoms with Crippen molar-refractivity contribution in [1.29, 1.82) is 0 Å². The van der Waals surface area contributed by atoms with Gasteiger partial charge in [0.05, 0.1) is 43.7 Å². The van der Waals surface area contributed by atoms with E-state index in [-0.39, 0.29) is 51.1 Å². The Hall–Kier alpha value is -3.72. The number of nitrogens with one attached hydrogen (secondary N) is 2. The van der Waals surface area contributed by atoms with E-state index in [2.05, 4.69) is 36.6 Å². The summed E-state index contributed by atoms with van der Waals surface area (Å²) in [5.74, 6) is -1.67. The molecular formula is C42H62N4O9Si. The molecule has 13 nitrogen and oxygen atoms in total. The normalized spacial score (nSPS) is 25.0. The van der Waals surface area contributed by atoms with E-state index in [4.69, 9.17) is 23.2 Å². The van der Waals surface area contributed by atoms with Gasteiger partial charge in [-0.05, 0) is 88.4 Å². The van der Waals surface area contributed by atoms with E-state index in [0.29, 0.717) is 55.2 Å². The fourth-order valence-electron chi connectivity index (χ4n) is 8.60. The molecule has 4 aliphatic rings. The molecule has 14 heteroatoms. The molecule has 6 rings (SSSR count). The van der Waals surface area contributed by atoms with Crippen LogP contribution in [0, 0.1) is 11.8 Å². The van der Waals surface area contributed by atoms with Crippen molar-refractivity contribution in [3.63, 3.8) is 0 Å². The topological polar surface area (TPSA) is 162 Å². The maximum absolute atomic E-state index is 15.5. The van der Waals surface area contributed by atoms with Crippen LogP contribution in [0.4, 0.5) is 5.69 Å². The molecule has 3 N–H and O–H groups in total. The number of carbonyl (C=O) groups excluding carboxylic acids is 3. The van der Waals surface area contributed by atoms with E-state index < -0.39 is 43.4 Å². The Morgan fingerprint density at radius 3 is 2.41 bits per heavy atom. The first-order chi connectivity index (χ1) is 26.5. The Morgan fingerprint density at radius 2 is 1.80 bits per heavy atom. The minimum atomic E-state index is -2.88. The lowest BCUT2D eigenvalue weighted by Gasteiger charge is -2.55. The van der Waals surface area contributed by atoms with Crippen molar-refractivity contribution >= 4 is 31.5 Å². The lowest BCUT2D eigenvalue weighted by atomic mass is 9.58. The molecule has 1 aromatic carbocycles. The molecule has 3 aliphatic carbocycles. The number of aliphatic hydroxyl groups excluding tert-OH is 1. The second-order valence-electron chi connectivity index (χ2n) is 17.6. The van der Waals surface area contributed by atoms with Crippen LogP contribution >= 0.6 is 0 Å². The van der Waals surface area contributed by atoms with Gasteiger partial charge in [-0.3, -0.25) is 19.3 Å². The second kappa shape index (κ2) is 16.3. The van der Waals surface area contributed by atoms with Crippen molar-refractivity contribution in [3.05, 3.63) is 39.8 Å². The van der Waals surface area contributed by atoms with Crippen LogP contribution in [0.1, 0.15) is 124 Å². The van der Waals surface area contributed by atoms with Crippen molar-refractivity contribution in [1.82, 2.24) is 15.4 Å². The molecule has 2 heterocycles. The molecule has 56 heavy (non-hydrogen) atoms. The number of amides is 1. The van der Waals surface area contributed by atoms with E-state index in [1.54, 1.807) is 13.2 Å². The van der Waals surface area contributed by atoms with Crippen LogP contribution in [-0.2, 0) is 15.6 Å². The van der Waals surface area contributed by atoms with Gasteiger partial charge >= 0.3 is 0 Å². The number of hydrogen-bond donors (Lipinski definition) is 3.